The molecule has 1 heterocycles. The van der Waals surface area contributed by atoms with Crippen LogP contribution in [0.25, 0.3) is 0 Å². The third kappa shape index (κ3) is 3.43. The first kappa shape index (κ1) is 18.0. The highest BCUT2D eigenvalue weighted by Gasteiger charge is 2.38. The van der Waals surface area contributed by atoms with E-state index in [0.717, 1.165) is 22.4 Å². The summed E-state index contributed by atoms with van der Waals surface area (Å²) in [5.41, 5.74) is 2.72. The van der Waals surface area contributed by atoms with Crippen molar-refractivity contribution < 1.29 is 14.3 Å². The fraction of sp³-hybridized carbons (Fsp3) is 0.333. The van der Waals surface area contributed by atoms with Crippen LogP contribution in [0.1, 0.15) is 36.6 Å². The second kappa shape index (κ2) is 7.60. The fourth-order valence-electron chi connectivity index (χ4n) is 3.49. The van der Waals surface area contributed by atoms with E-state index in [9.17, 15) is 9.59 Å². The highest BCUT2D eigenvalue weighted by molar-refractivity contribution is 5.92. The van der Waals surface area contributed by atoms with Crippen LogP contribution < -0.4 is 10.1 Å². The second-order valence-electron chi connectivity index (χ2n) is 6.70. The molecule has 1 N–H and O–H groups in total. The number of para-hydroxylation sites is 1. The molecule has 2 amide bonds. The lowest BCUT2D eigenvalue weighted by atomic mass is 9.90. The third-order valence-corrected chi connectivity index (χ3v) is 4.71. The highest BCUT2D eigenvalue weighted by Crippen LogP contribution is 2.32. The van der Waals surface area contributed by atoms with Crippen LogP contribution >= 0.6 is 0 Å². The van der Waals surface area contributed by atoms with Gasteiger partial charge in [-0.05, 0) is 31.0 Å². The number of rotatable bonds is 5. The van der Waals surface area contributed by atoms with Crippen LogP contribution in [0, 0.1) is 0 Å². The molecule has 0 aromatic heterocycles. The first-order chi connectivity index (χ1) is 12.5. The topological polar surface area (TPSA) is 58.6 Å². The Morgan fingerprint density at radius 2 is 1.88 bits per heavy atom. The molecule has 2 aromatic rings. The molecule has 1 unspecified atom stereocenters. The van der Waals surface area contributed by atoms with Gasteiger partial charge in [0.2, 0.25) is 11.8 Å². The Hall–Kier alpha value is -2.82. The van der Waals surface area contributed by atoms with Crippen LogP contribution in [0.3, 0.4) is 0 Å². The molecular weight excluding hydrogens is 328 g/mol. The zero-order valence-corrected chi connectivity index (χ0v) is 15.4. The minimum absolute atomic E-state index is 0.0175. The van der Waals surface area contributed by atoms with Gasteiger partial charge < -0.3 is 15.0 Å². The normalized spacial score (nSPS) is 16.4. The van der Waals surface area contributed by atoms with Crippen LogP contribution in [0.15, 0.2) is 48.5 Å². The molecule has 0 spiro atoms. The van der Waals surface area contributed by atoms with Gasteiger partial charge in [0.25, 0.3) is 0 Å². The van der Waals surface area contributed by atoms with Crippen molar-refractivity contribution in [3.63, 3.8) is 0 Å². The summed E-state index contributed by atoms with van der Waals surface area (Å²) in [7, 11) is 1.61. The van der Waals surface area contributed by atoms with E-state index in [2.05, 4.69) is 5.32 Å². The molecule has 1 atom stereocenters. The summed E-state index contributed by atoms with van der Waals surface area (Å²) < 4.78 is 5.34. The average molecular weight is 352 g/mol. The van der Waals surface area contributed by atoms with Gasteiger partial charge in [-0.15, -0.1) is 0 Å². The first-order valence-electron chi connectivity index (χ1n) is 8.81. The van der Waals surface area contributed by atoms with Crippen molar-refractivity contribution in [2.45, 2.75) is 38.9 Å². The van der Waals surface area contributed by atoms with E-state index < -0.39 is 6.04 Å². The number of carbonyl (C=O) groups excluding carboxylic acids is 2. The largest absolute Gasteiger partial charge is 0.496 e. The molecule has 0 bridgehead atoms. The predicted octanol–water partition coefficient (Wildman–Crippen LogP) is 2.85. The molecule has 0 aliphatic carbocycles. The Morgan fingerprint density at radius 3 is 2.62 bits per heavy atom. The highest BCUT2D eigenvalue weighted by atomic mass is 16.5. The zero-order chi connectivity index (χ0) is 18.7. The number of benzene rings is 2. The van der Waals surface area contributed by atoms with Gasteiger partial charge in [-0.1, -0.05) is 42.5 Å². The van der Waals surface area contributed by atoms with Crippen molar-refractivity contribution in [1.82, 2.24) is 10.2 Å². The van der Waals surface area contributed by atoms with E-state index in [1.165, 1.54) is 0 Å². The van der Waals surface area contributed by atoms with E-state index in [-0.39, 0.29) is 17.9 Å². The number of carbonyl (C=O) groups is 2. The molecule has 136 valence electrons. The van der Waals surface area contributed by atoms with Crippen molar-refractivity contribution in [2.24, 2.45) is 0 Å². The van der Waals surface area contributed by atoms with Crippen molar-refractivity contribution in [2.75, 3.05) is 7.11 Å². The summed E-state index contributed by atoms with van der Waals surface area (Å²) in [6, 6.07) is 14.6. The van der Waals surface area contributed by atoms with Crippen LogP contribution in [-0.4, -0.2) is 29.9 Å². The third-order valence-electron chi connectivity index (χ3n) is 4.71. The number of hydrogen-bond donors (Lipinski definition) is 1. The summed E-state index contributed by atoms with van der Waals surface area (Å²) in [5, 5.41) is 2.98. The van der Waals surface area contributed by atoms with Gasteiger partial charge in [0.1, 0.15) is 11.8 Å². The number of nitrogens with one attached hydrogen (secondary N) is 1. The molecule has 3 rings (SSSR count). The quantitative estimate of drug-likeness (QED) is 0.900. The molecule has 2 aromatic carbocycles. The van der Waals surface area contributed by atoms with E-state index in [4.69, 9.17) is 4.74 Å². The summed E-state index contributed by atoms with van der Waals surface area (Å²) >= 11 is 0. The molecule has 0 fully saturated rings. The number of nitrogens with zero attached hydrogens (tertiary/aromatic N) is 1. The van der Waals surface area contributed by atoms with Gasteiger partial charge in [-0.2, -0.15) is 0 Å². The number of ether oxygens (including phenoxy) is 1. The minimum atomic E-state index is -0.609. The van der Waals surface area contributed by atoms with Gasteiger partial charge in [0.15, 0.2) is 0 Å². The molecule has 0 saturated heterocycles. The SMILES string of the molecule is COc1ccccc1CNC(=O)C1c2ccccc2CC(=O)N1C(C)C. The molecule has 26 heavy (non-hydrogen) atoms. The van der Waals surface area contributed by atoms with Gasteiger partial charge in [-0.3, -0.25) is 9.59 Å². The maximum absolute atomic E-state index is 13.0. The Kier molecular flexibility index (Phi) is 5.26. The number of hydrogen-bond acceptors (Lipinski definition) is 3. The summed E-state index contributed by atoms with van der Waals surface area (Å²) in [4.78, 5) is 27.3. The maximum Gasteiger partial charge on any atom is 0.247 e. The van der Waals surface area contributed by atoms with E-state index in [0.29, 0.717) is 13.0 Å². The molecule has 0 saturated carbocycles. The first-order valence-corrected chi connectivity index (χ1v) is 8.81. The van der Waals surface area contributed by atoms with E-state index in [1.54, 1.807) is 12.0 Å². The zero-order valence-electron chi connectivity index (χ0n) is 15.4. The van der Waals surface area contributed by atoms with Crippen LogP contribution in [0.2, 0.25) is 0 Å². The standard InChI is InChI=1S/C21H24N2O3/c1-14(2)23-19(24)12-15-8-4-6-10-17(15)20(23)21(25)22-13-16-9-5-7-11-18(16)26-3/h4-11,14,20H,12-13H2,1-3H3,(H,22,25). The molecule has 1 aliphatic rings. The summed E-state index contributed by atoms with van der Waals surface area (Å²) in [6.07, 6.45) is 0.338. The molecular formula is C21H24N2O3. The van der Waals surface area contributed by atoms with Gasteiger partial charge in [0, 0.05) is 18.2 Å². The van der Waals surface area contributed by atoms with Crippen molar-refractivity contribution >= 4 is 11.8 Å². The lowest BCUT2D eigenvalue weighted by Crippen LogP contribution is -2.50. The smallest absolute Gasteiger partial charge is 0.247 e. The van der Waals surface area contributed by atoms with Crippen LogP contribution in [-0.2, 0) is 22.6 Å². The van der Waals surface area contributed by atoms with Crippen molar-refractivity contribution in [1.29, 1.82) is 0 Å². The van der Waals surface area contributed by atoms with Crippen LogP contribution in [0.5, 0.6) is 5.75 Å². The van der Waals surface area contributed by atoms with Crippen molar-refractivity contribution in [3.05, 3.63) is 65.2 Å². The monoisotopic (exact) mass is 352 g/mol. The fourth-order valence-corrected chi connectivity index (χ4v) is 3.49. The summed E-state index contributed by atoms with van der Waals surface area (Å²) in [5.74, 6) is 0.537. The summed E-state index contributed by atoms with van der Waals surface area (Å²) in [6.45, 7) is 4.22. The van der Waals surface area contributed by atoms with E-state index >= 15 is 0 Å². The number of fused-ring (bicyclic) bond motifs is 1. The second-order valence-corrected chi connectivity index (χ2v) is 6.70. The molecule has 1 aliphatic heterocycles. The lowest BCUT2D eigenvalue weighted by molar-refractivity contribution is -0.143. The minimum Gasteiger partial charge on any atom is -0.496 e. The molecule has 5 heteroatoms. The predicted molar refractivity (Wildman–Crippen MR) is 99.7 cm³/mol. The number of methoxy groups -OCH3 is 1. The van der Waals surface area contributed by atoms with E-state index in [1.807, 2.05) is 62.4 Å². The van der Waals surface area contributed by atoms with Gasteiger partial charge in [0.05, 0.1) is 13.5 Å². The van der Waals surface area contributed by atoms with Gasteiger partial charge >= 0.3 is 0 Å². The Balaban J connectivity index is 1.87. The Bertz CT molecular complexity index is 816. The Morgan fingerprint density at radius 1 is 1.19 bits per heavy atom. The lowest BCUT2D eigenvalue weighted by Gasteiger charge is -2.39. The molecule has 0 radical (unpaired) electrons. The molecule has 5 nitrogen and oxygen atoms in total. The average Bonchev–Trinajstić information content (AvgIpc) is 2.64. The van der Waals surface area contributed by atoms with Crippen LogP contribution in [0.4, 0.5) is 0 Å². The maximum atomic E-state index is 13.0. The van der Waals surface area contributed by atoms with Gasteiger partial charge in [-0.25, -0.2) is 0 Å². The van der Waals surface area contributed by atoms with Crippen molar-refractivity contribution in [3.8, 4) is 5.75 Å². The number of amides is 2. The Labute approximate surface area is 154 Å².